The van der Waals surface area contributed by atoms with Crippen molar-refractivity contribution in [2.75, 3.05) is 20.2 Å². The predicted octanol–water partition coefficient (Wildman–Crippen LogP) is -2.64. The van der Waals surface area contributed by atoms with Crippen LogP contribution >= 0.6 is 0 Å². The molecule has 0 radical (unpaired) electrons. The summed E-state index contributed by atoms with van der Waals surface area (Å²) in [6.07, 6.45) is -1.55. The molecule has 0 aromatic heterocycles. The van der Waals surface area contributed by atoms with Crippen molar-refractivity contribution in [3.05, 3.63) is 0 Å². The van der Waals surface area contributed by atoms with Crippen molar-refractivity contribution in [3.63, 3.8) is 0 Å². The zero-order valence-electron chi connectivity index (χ0n) is 8.97. The summed E-state index contributed by atoms with van der Waals surface area (Å²) >= 11 is 0. The van der Waals surface area contributed by atoms with Gasteiger partial charge in [0.25, 0.3) is 0 Å². The Kier molecular flexibility index (Phi) is 4.66. The molecule has 1 aliphatic heterocycles. The van der Waals surface area contributed by atoms with E-state index in [9.17, 15) is 19.8 Å². The molecule has 7 nitrogen and oxygen atoms in total. The Morgan fingerprint density at radius 1 is 1.62 bits per heavy atom. The summed E-state index contributed by atoms with van der Waals surface area (Å²) in [5.41, 5.74) is 0. The lowest BCUT2D eigenvalue weighted by atomic mass is 10.2. The van der Waals surface area contributed by atoms with Crippen LogP contribution in [-0.4, -0.2) is 60.5 Å². The lowest BCUT2D eigenvalue weighted by molar-refractivity contribution is -0.150. The topological polar surface area (TPSA) is 108 Å². The Hall–Kier alpha value is -1.18. The van der Waals surface area contributed by atoms with Crippen molar-refractivity contribution in [1.29, 1.82) is 0 Å². The average Bonchev–Trinajstić information content (AvgIpc) is 2.71. The molecule has 0 spiro atoms. The molecule has 3 atom stereocenters. The summed E-state index contributed by atoms with van der Waals surface area (Å²) in [5, 5.41) is 23.6. The maximum Gasteiger partial charge on any atom is 0.336 e. The smallest absolute Gasteiger partial charge is 0.336 e. The van der Waals surface area contributed by atoms with Crippen LogP contribution in [0.4, 0.5) is 0 Å². The molecule has 1 amide bonds. The molecular weight excluding hydrogens is 216 g/mol. The summed E-state index contributed by atoms with van der Waals surface area (Å²) < 4.78 is 4.29. The largest absolute Gasteiger partial charge is 0.467 e. The second kappa shape index (κ2) is 5.78. The highest BCUT2D eigenvalue weighted by atomic mass is 16.5. The number of hydrogen-bond donors (Lipinski definition) is 4. The molecule has 1 fully saturated rings. The third-order valence-electron chi connectivity index (χ3n) is 2.37. The molecule has 92 valence electrons. The first-order valence-corrected chi connectivity index (χ1v) is 4.99. The monoisotopic (exact) mass is 232 g/mol. The highest BCUT2D eigenvalue weighted by Gasteiger charge is 2.28. The van der Waals surface area contributed by atoms with Gasteiger partial charge in [-0.05, 0) is 6.42 Å². The third-order valence-corrected chi connectivity index (χ3v) is 2.37. The summed E-state index contributed by atoms with van der Waals surface area (Å²) in [5.74, 6) is -1.14. The van der Waals surface area contributed by atoms with Gasteiger partial charge in [-0.2, -0.15) is 0 Å². The average molecular weight is 232 g/mol. The number of nitrogens with one attached hydrogen (secondary N) is 2. The Morgan fingerprint density at radius 3 is 2.81 bits per heavy atom. The van der Waals surface area contributed by atoms with Crippen LogP contribution in [0.25, 0.3) is 0 Å². The summed E-state index contributed by atoms with van der Waals surface area (Å²) in [6.45, 7) is 0.178. The van der Waals surface area contributed by atoms with Crippen molar-refractivity contribution in [2.45, 2.75) is 24.7 Å². The van der Waals surface area contributed by atoms with Gasteiger partial charge in [-0.1, -0.05) is 0 Å². The first-order chi connectivity index (χ1) is 7.54. The van der Waals surface area contributed by atoms with Crippen LogP contribution in [0, 0.1) is 0 Å². The third kappa shape index (κ3) is 3.44. The van der Waals surface area contributed by atoms with E-state index in [0.29, 0.717) is 13.0 Å². The van der Waals surface area contributed by atoms with Gasteiger partial charge in [-0.15, -0.1) is 0 Å². The van der Waals surface area contributed by atoms with Crippen LogP contribution in [0.2, 0.25) is 0 Å². The van der Waals surface area contributed by atoms with E-state index in [1.165, 1.54) is 0 Å². The number of ether oxygens (including phenoxy) is 1. The van der Waals surface area contributed by atoms with Crippen LogP contribution < -0.4 is 10.6 Å². The molecule has 0 aromatic rings. The van der Waals surface area contributed by atoms with Crippen molar-refractivity contribution >= 4 is 11.9 Å². The van der Waals surface area contributed by atoms with E-state index in [1.807, 2.05) is 0 Å². The highest BCUT2D eigenvalue weighted by molar-refractivity contribution is 5.83. The first kappa shape index (κ1) is 12.9. The summed E-state index contributed by atoms with van der Waals surface area (Å²) in [7, 11) is 1.16. The zero-order chi connectivity index (χ0) is 12.1. The Bertz CT molecular complexity index is 271. The van der Waals surface area contributed by atoms with E-state index in [-0.39, 0.29) is 12.5 Å². The fourth-order valence-electron chi connectivity index (χ4n) is 1.46. The minimum atomic E-state index is -1.36. The Labute approximate surface area is 92.8 Å². The van der Waals surface area contributed by atoms with Crippen LogP contribution in [0.3, 0.4) is 0 Å². The quantitative estimate of drug-likeness (QED) is 0.395. The number of methoxy groups -OCH3 is 1. The molecule has 0 bridgehead atoms. The molecular formula is C9H16N2O5. The number of amides is 1. The fourth-order valence-corrected chi connectivity index (χ4v) is 1.46. The minimum absolute atomic E-state index is 0.195. The van der Waals surface area contributed by atoms with Gasteiger partial charge in [0.2, 0.25) is 5.91 Å². The number of aliphatic hydroxyl groups is 2. The molecule has 1 aliphatic rings. The second-order valence-corrected chi connectivity index (χ2v) is 3.63. The number of esters is 1. The van der Waals surface area contributed by atoms with Crippen molar-refractivity contribution < 1.29 is 24.5 Å². The zero-order valence-corrected chi connectivity index (χ0v) is 8.97. The van der Waals surface area contributed by atoms with Crippen LogP contribution in [0.1, 0.15) is 6.42 Å². The number of carbonyl (C=O) groups excluding carboxylic acids is 2. The number of aliphatic hydroxyl groups excluding tert-OH is 2. The van der Waals surface area contributed by atoms with Crippen molar-refractivity contribution in [1.82, 2.24) is 10.6 Å². The van der Waals surface area contributed by atoms with Gasteiger partial charge in [0.15, 0.2) is 6.10 Å². The van der Waals surface area contributed by atoms with E-state index < -0.39 is 24.2 Å². The van der Waals surface area contributed by atoms with E-state index >= 15 is 0 Å². The van der Waals surface area contributed by atoms with Crippen LogP contribution in [0.15, 0.2) is 0 Å². The minimum Gasteiger partial charge on any atom is -0.467 e. The number of carbonyl (C=O) groups is 2. The molecule has 0 aromatic carbocycles. The van der Waals surface area contributed by atoms with E-state index in [4.69, 9.17) is 0 Å². The molecule has 7 heteroatoms. The van der Waals surface area contributed by atoms with E-state index in [1.54, 1.807) is 0 Å². The molecule has 1 rings (SSSR count). The van der Waals surface area contributed by atoms with Crippen LogP contribution in [-0.2, 0) is 14.3 Å². The lowest BCUT2D eigenvalue weighted by Crippen LogP contribution is -2.45. The maximum absolute atomic E-state index is 11.5. The standard InChI is InChI=1S/C9H16N2O5/c1-16-9(15)7(13)4-11-8(14)6-2-5(12)3-10-6/h5-7,10,12-13H,2-4H2,1H3,(H,11,14). The Morgan fingerprint density at radius 2 is 2.31 bits per heavy atom. The molecule has 1 heterocycles. The van der Waals surface area contributed by atoms with Gasteiger partial charge in [0.05, 0.1) is 25.8 Å². The lowest BCUT2D eigenvalue weighted by Gasteiger charge is -2.13. The second-order valence-electron chi connectivity index (χ2n) is 3.63. The summed E-state index contributed by atoms with van der Waals surface area (Å²) in [6, 6.07) is -0.472. The van der Waals surface area contributed by atoms with Gasteiger partial charge in [0.1, 0.15) is 0 Å². The maximum atomic E-state index is 11.5. The number of hydrogen-bond acceptors (Lipinski definition) is 6. The highest BCUT2D eigenvalue weighted by Crippen LogP contribution is 2.05. The summed E-state index contributed by atoms with van der Waals surface area (Å²) in [4.78, 5) is 22.3. The van der Waals surface area contributed by atoms with E-state index in [0.717, 1.165) is 7.11 Å². The first-order valence-electron chi connectivity index (χ1n) is 4.99. The molecule has 0 saturated carbocycles. The SMILES string of the molecule is COC(=O)C(O)CNC(=O)C1CC(O)CN1. The van der Waals surface area contributed by atoms with Gasteiger partial charge in [0, 0.05) is 6.54 Å². The van der Waals surface area contributed by atoms with Crippen molar-refractivity contribution in [3.8, 4) is 0 Å². The molecule has 0 aliphatic carbocycles. The van der Waals surface area contributed by atoms with Gasteiger partial charge < -0.3 is 25.6 Å². The van der Waals surface area contributed by atoms with E-state index in [2.05, 4.69) is 15.4 Å². The Balaban J connectivity index is 2.27. The molecule has 4 N–H and O–H groups in total. The number of rotatable bonds is 4. The van der Waals surface area contributed by atoms with Crippen LogP contribution in [0.5, 0.6) is 0 Å². The normalized spacial score (nSPS) is 26.2. The molecule has 16 heavy (non-hydrogen) atoms. The van der Waals surface area contributed by atoms with Gasteiger partial charge >= 0.3 is 5.97 Å². The molecule has 3 unspecified atom stereocenters. The number of β-amino-alcohol motifs (C(OH)–C–C–N with tert-alkyl or cyclic N) is 1. The van der Waals surface area contributed by atoms with Gasteiger partial charge in [-0.25, -0.2) is 4.79 Å². The van der Waals surface area contributed by atoms with Crippen molar-refractivity contribution in [2.24, 2.45) is 0 Å². The van der Waals surface area contributed by atoms with Gasteiger partial charge in [-0.3, -0.25) is 4.79 Å². The molecule has 1 saturated heterocycles. The predicted molar refractivity (Wildman–Crippen MR) is 53.4 cm³/mol. The fraction of sp³-hybridized carbons (Fsp3) is 0.778.